The Morgan fingerprint density at radius 3 is 2.84 bits per heavy atom. The molecular weight excluding hydrogens is 242 g/mol. The van der Waals surface area contributed by atoms with Gasteiger partial charge in [-0.2, -0.15) is 0 Å². The first-order valence-corrected chi connectivity index (χ1v) is 6.86. The number of hydrogen-bond acceptors (Lipinski definition) is 5. The second kappa shape index (κ2) is 6.84. The van der Waals surface area contributed by atoms with Gasteiger partial charge in [0.05, 0.1) is 24.9 Å². The van der Waals surface area contributed by atoms with E-state index in [1.54, 1.807) is 13.3 Å². The van der Waals surface area contributed by atoms with Crippen LogP contribution in [-0.4, -0.2) is 24.8 Å². The van der Waals surface area contributed by atoms with E-state index in [4.69, 9.17) is 15.3 Å². The topological polar surface area (TPSA) is 69.4 Å². The molecule has 2 rings (SSSR count). The van der Waals surface area contributed by atoms with Gasteiger partial charge < -0.3 is 9.47 Å². The SMILES string of the molecule is CCCOc1cncc(C(NN)C(OC)C2CC2)c1. The molecule has 5 nitrogen and oxygen atoms in total. The van der Waals surface area contributed by atoms with Crippen LogP contribution in [0.2, 0.25) is 0 Å². The molecule has 0 amide bonds. The van der Waals surface area contributed by atoms with Crippen molar-refractivity contribution < 1.29 is 9.47 Å². The first-order valence-electron chi connectivity index (χ1n) is 6.86. The number of pyridine rings is 1. The van der Waals surface area contributed by atoms with Crippen molar-refractivity contribution in [1.82, 2.24) is 10.4 Å². The van der Waals surface area contributed by atoms with Gasteiger partial charge in [0, 0.05) is 13.3 Å². The molecule has 0 aromatic carbocycles. The van der Waals surface area contributed by atoms with Crippen molar-refractivity contribution in [3.8, 4) is 5.75 Å². The quantitative estimate of drug-likeness (QED) is 0.554. The van der Waals surface area contributed by atoms with Gasteiger partial charge in [-0.25, -0.2) is 0 Å². The maximum atomic E-state index is 5.70. The second-order valence-electron chi connectivity index (χ2n) is 4.98. The van der Waals surface area contributed by atoms with Crippen LogP contribution in [0.25, 0.3) is 0 Å². The number of hydrazine groups is 1. The minimum Gasteiger partial charge on any atom is -0.492 e. The van der Waals surface area contributed by atoms with Gasteiger partial charge in [-0.15, -0.1) is 0 Å². The Labute approximate surface area is 114 Å². The molecule has 0 radical (unpaired) electrons. The summed E-state index contributed by atoms with van der Waals surface area (Å²) in [6.07, 6.45) is 7.02. The lowest BCUT2D eigenvalue weighted by molar-refractivity contribution is 0.0505. The van der Waals surface area contributed by atoms with E-state index < -0.39 is 0 Å². The predicted octanol–water partition coefficient (Wildman–Crippen LogP) is 1.80. The maximum Gasteiger partial charge on any atom is 0.137 e. The third-order valence-electron chi connectivity index (χ3n) is 3.43. The van der Waals surface area contributed by atoms with Gasteiger partial charge in [0.2, 0.25) is 0 Å². The molecule has 1 saturated carbocycles. The maximum absolute atomic E-state index is 5.70. The van der Waals surface area contributed by atoms with Crippen molar-refractivity contribution in [1.29, 1.82) is 0 Å². The summed E-state index contributed by atoms with van der Waals surface area (Å²) < 4.78 is 11.2. The van der Waals surface area contributed by atoms with Crippen LogP contribution in [0.1, 0.15) is 37.8 Å². The first-order chi connectivity index (χ1) is 9.30. The minimum absolute atomic E-state index is 0.0461. The van der Waals surface area contributed by atoms with Crippen LogP contribution < -0.4 is 16.0 Å². The molecule has 0 saturated heterocycles. The van der Waals surface area contributed by atoms with Gasteiger partial charge in [-0.1, -0.05) is 6.92 Å². The molecule has 106 valence electrons. The van der Waals surface area contributed by atoms with Gasteiger partial charge in [0.25, 0.3) is 0 Å². The van der Waals surface area contributed by atoms with Crippen LogP contribution >= 0.6 is 0 Å². The third kappa shape index (κ3) is 3.65. The lowest BCUT2D eigenvalue weighted by Gasteiger charge is -2.25. The second-order valence-corrected chi connectivity index (χ2v) is 4.98. The Hall–Kier alpha value is -1.17. The van der Waals surface area contributed by atoms with E-state index in [-0.39, 0.29) is 12.1 Å². The molecule has 0 aliphatic heterocycles. The van der Waals surface area contributed by atoms with Crippen LogP contribution in [0, 0.1) is 5.92 Å². The van der Waals surface area contributed by atoms with E-state index in [9.17, 15) is 0 Å². The van der Waals surface area contributed by atoms with Crippen molar-refractivity contribution in [2.75, 3.05) is 13.7 Å². The van der Waals surface area contributed by atoms with E-state index in [1.807, 2.05) is 12.3 Å². The van der Waals surface area contributed by atoms with Crippen LogP contribution in [0.5, 0.6) is 5.75 Å². The molecule has 1 aliphatic carbocycles. The Kier molecular flexibility index (Phi) is 5.13. The van der Waals surface area contributed by atoms with Crippen molar-refractivity contribution in [2.45, 2.75) is 38.3 Å². The Morgan fingerprint density at radius 2 is 2.26 bits per heavy atom. The number of hydrogen-bond donors (Lipinski definition) is 2. The van der Waals surface area contributed by atoms with Gasteiger partial charge in [0.1, 0.15) is 5.75 Å². The summed E-state index contributed by atoms with van der Waals surface area (Å²) in [6, 6.07) is 1.94. The highest BCUT2D eigenvalue weighted by atomic mass is 16.5. The summed E-state index contributed by atoms with van der Waals surface area (Å²) in [6.45, 7) is 2.78. The number of nitrogens with zero attached hydrogens (tertiary/aromatic N) is 1. The average Bonchev–Trinajstić information content (AvgIpc) is 3.27. The first kappa shape index (κ1) is 14.2. The van der Waals surface area contributed by atoms with Crippen LogP contribution in [0.3, 0.4) is 0 Å². The van der Waals surface area contributed by atoms with Gasteiger partial charge in [-0.3, -0.25) is 16.3 Å². The number of aromatic nitrogens is 1. The molecule has 1 aromatic heterocycles. The lowest BCUT2D eigenvalue weighted by Crippen LogP contribution is -2.38. The fourth-order valence-corrected chi connectivity index (χ4v) is 2.31. The summed E-state index contributed by atoms with van der Waals surface area (Å²) in [5.74, 6) is 7.07. The number of nitrogens with two attached hydrogens (primary N) is 1. The summed E-state index contributed by atoms with van der Waals surface area (Å²) >= 11 is 0. The zero-order valence-electron chi connectivity index (χ0n) is 11.6. The molecule has 0 spiro atoms. The zero-order chi connectivity index (χ0) is 13.7. The molecule has 5 heteroatoms. The summed E-state index contributed by atoms with van der Waals surface area (Å²) in [4.78, 5) is 4.23. The average molecular weight is 265 g/mol. The van der Waals surface area contributed by atoms with E-state index in [0.29, 0.717) is 12.5 Å². The summed E-state index contributed by atoms with van der Waals surface area (Å²) in [5.41, 5.74) is 3.86. The van der Waals surface area contributed by atoms with E-state index in [2.05, 4.69) is 17.3 Å². The highest BCUT2D eigenvalue weighted by molar-refractivity contribution is 5.27. The molecule has 1 heterocycles. The minimum atomic E-state index is -0.0461. The normalized spacial score (nSPS) is 18.1. The fourth-order valence-electron chi connectivity index (χ4n) is 2.31. The Bertz CT molecular complexity index is 396. The molecule has 19 heavy (non-hydrogen) atoms. The van der Waals surface area contributed by atoms with Crippen molar-refractivity contribution >= 4 is 0 Å². The van der Waals surface area contributed by atoms with E-state index in [0.717, 1.165) is 17.7 Å². The van der Waals surface area contributed by atoms with Crippen molar-refractivity contribution in [2.24, 2.45) is 11.8 Å². The number of ether oxygens (including phenoxy) is 2. The van der Waals surface area contributed by atoms with E-state index in [1.165, 1.54) is 12.8 Å². The number of rotatable bonds is 8. The van der Waals surface area contributed by atoms with Crippen molar-refractivity contribution in [3.05, 3.63) is 24.0 Å². The molecule has 0 bridgehead atoms. The summed E-state index contributed by atoms with van der Waals surface area (Å²) in [5, 5.41) is 0. The standard InChI is InChI=1S/C14H23N3O2/c1-3-6-19-12-7-11(8-16-9-12)13(17-15)14(18-2)10-4-5-10/h7-10,13-14,17H,3-6,15H2,1-2H3. The fraction of sp³-hybridized carbons (Fsp3) is 0.643. The number of nitrogens with one attached hydrogen (secondary N) is 1. The molecule has 1 aliphatic rings. The smallest absolute Gasteiger partial charge is 0.137 e. The number of methoxy groups -OCH3 is 1. The third-order valence-corrected chi connectivity index (χ3v) is 3.43. The molecule has 3 N–H and O–H groups in total. The Morgan fingerprint density at radius 1 is 1.47 bits per heavy atom. The zero-order valence-corrected chi connectivity index (χ0v) is 11.6. The van der Waals surface area contributed by atoms with Crippen LogP contribution in [-0.2, 0) is 4.74 Å². The monoisotopic (exact) mass is 265 g/mol. The highest BCUT2D eigenvalue weighted by Gasteiger charge is 2.37. The molecule has 1 fully saturated rings. The highest BCUT2D eigenvalue weighted by Crippen LogP contribution is 2.39. The van der Waals surface area contributed by atoms with Crippen LogP contribution in [0.4, 0.5) is 0 Å². The van der Waals surface area contributed by atoms with Gasteiger partial charge in [0.15, 0.2) is 0 Å². The molecule has 2 unspecified atom stereocenters. The van der Waals surface area contributed by atoms with Gasteiger partial charge >= 0.3 is 0 Å². The van der Waals surface area contributed by atoms with Crippen LogP contribution in [0.15, 0.2) is 18.5 Å². The largest absolute Gasteiger partial charge is 0.492 e. The molecule has 1 aromatic rings. The Balaban J connectivity index is 2.12. The predicted molar refractivity (Wildman–Crippen MR) is 73.6 cm³/mol. The van der Waals surface area contributed by atoms with E-state index >= 15 is 0 Å². The van der Waals surface area contributed by atoms with Gasteiger partial charge in [-0.05, 0) is 36.8 Å². The lowest BCUT2D eigenvalue weighted by atomic mass is 10.00. The summed E-state index contributed by atoms with van der Waals surface area (Å²) in [7, 11) is 1.73. The molecule has 2 atom stereocenters. The van der Waals surface area contributed by atoms with Crippen molar-refractivity contribution in [3.63, 3.8) is 0 Å². The molecular formula is C14H23N3O2.